The Morgan fingerprint density at radius 3 is 1.81 bits per heavy atom. The van der Waals surface area contributed by atoms with Crippen LogP contribution < -0.4 is 5.32 Å². The Hall–Kier alpha value is -4.10. The Labute approximate surface area is 219 Å². The summed E-state index contributed by atoms with van der Waals surface area (Å²) in [7, 11) is 0. The van der Waals surface area contributed by atoms with Crippen LogP contribution in [0.25, 0.3) is 11.3 Å². The first kappa shape index (κ1) is 30.9. The topological polar surface area (TPSA) is 140 Å². The van der Waals surface area contributed by atoms with Crippen molar-refractivity contribution in [2.24, 2.45) is 0 Å². The molecule has 10 heteroatoms. The van der Waals surface area contributed by atoms with Crippen molar-refractivity contribution < 1.29 is 33.2 Å². The molecule has 1 amide bonds. The lowest BCUT2D eigenvalue weighted by molar-refractivity contribution is -0.193. The summed E-state index contributed by atoms with van der Waals surface area (Å²) in [6.07, 6.45) is 3.89. The predicted molar refractivity (Wildman–Crippen MR) is 133 cm³/mol. The molecule has 194 valence electrons. The maximum Gasteiger partial charge on any atom is 0.373 e. The molecule has 1 heterocycles. The van der Waals surface area contributed by atoms with E-state index in [0.29, 0.717) is 30.7 Å². The second-order valence-electron chi connectivity index (χ2n) is 7.84. The molecule has 0 aliphatic heterocycles. The van der Waals surface area contributed by atoms with E-state index < -0.39 is 5.54 Å². The molecule has 9 nitrogen and oxygen atoms in total. The summed E-state index contributed by atoms with van der Waals surface area (Å²) in [5, 5.41) is 2.98. The number of aromatic nitrogens is 1. The van der Waals surface area contributed by atoms with E-state index in [1.54, 1.807) is 18.0 Å². The van der Waals surface area contributed by atoms with E-state index >= 15 is 0 Å². The van der Waals surface area contributed by atoms with Crippen LogP contribution in [0.5, 0.6) is 0 Å². The van der Waals surface area contributed by atoms with Gasteiger partial charge in [0.1, 0.15) is 12.0 Å². The molecule has 0 spiro atoms. The third kappa shape index (κ3) is 10.2. The fourth-order valence-electron chi connectivity index (χ4n) is 3.54. The van der Waals surface area contributed by atoms with E-state index in [1.807, 2.05) is 69.3 Å². The Balaban J connectivity index is 0.00000104. The molecular weight excluding hydrogens is 496 g/mol. The summed E-state index contributed by atoms with van der Waals surface area (Å²) in [5.74, 6) is 0.587. The molecule has 0 bridgehead atoms. The molecule has 0 fully saturated rings. The Morgan fingerprint density at radius 1 is 0.919 bits per heavy atom. The number of ketones is 1. The fourth-order valence-corrected chi connectivity index (χ4v) is 4.35. The number of aryl methyl sites for hydroxylation is 1. The van der Waals surface area contributed by atoms with Crippen LogP contribution in [-0.2, 0) is 24.0 Å². The fraction of sp³-hybridized carbons (Fsp3) is 0.296. The van der Waals surface area contributed by atoms with Crippen LogP contribution in [0.2, 0.25) is 0 Å². The van der Waals surface area contributed by atoms with Crippen molar-refractivity contribution in [2.45, 2.75) is 62.3 Å². The molecule has 1 aromatic heterocycles. The molecule has 3 rings (SSSR count). The van der Waals surface area contributed by atoms with Gasteiger partial charge in [-0.3, -0.25) is 9.59 Å². The highest BCUT2D eigenvalue weighted by molar-refractivity contribution is 7.99. The average Bonchev–Trinajstić information content (AvgIpc) is 3.31. The van der Waals surface area contributed by atoms with Crippen LogP contribution in [0.15, 0.2) is 69.0 Å². The summed E-state index contributed by atoms with van der Waals surface area (Å²) < 4.78 is 5.27. The van der Waals surface area contributed by atoms with Crippen molar-refractivity contribution in [2.75, 3.05) is 0 Å². The van der Waals surface area contributed by atoms with Crippen LogP contribution in [0.4, 0.5) is 0 Å². The van der Waals surface area contributed by atoms with Gasteiger partial charge in [0.15, 0.2) is 11.7 Å². The number of rotatable bonds is 9. The zero-order valence-corrected chi connectivity index (χ0v) is 21.8. The van der Waals surface area contributed by atoms with Gasteiger partial charge in [-0.2, -0.15) is 19.2 Å². The number of Topliss-reactive ketones (excluding diaryl/α,β-unsaturated/α-hetero) is 1. The second-order valence-corrected chi connectivity index (χ2v) is 8.98. The van der Waals surface area contributed by atoms with Crippen molar-refractivity contribution in [1.29, 1.82) is 0 Å². The standard InChI is InChI=1S/C25H28N2O3S.2CO2/c1-5-25(6-2,27-17(3)28)15-24(29)20-9-13-22(14-10-20)31-21-11-7-19(8-12-21)23-16-30-18(4)26-23;2*2-1-3/h7-14,16H,5-6,15H2,1-4H3,(H,27,28);;. The summed E-state index contributed by atoms with van der Waals surface area (Å²) in [6, 6.07) is 15.8. The van der Waals surface area contributed by atoms with Gasteiger partial charge in [-0.25, -0.2) is 4.98 Å². The van der Waals surface area contributed by atoms with E-state index in [0.717, 1.165) is 21.0 Å². The number of benzene rings is 2. The number of nitrogens with zero attached hydrogens (tertiary/aromatic N) is 1. The number of hydrogen-bond donors (Lipinski definition) is 1. The van der Waals surface area contributed by atoms with E-state index in [4.69, 9.17) is 23.6 Å². The maximum atomic E-state index is 12.8. The van der Waals surface area contributed by atoms with Gasteiger partial charge >= 0.3 is 12.3 Å². The third-order valence-corrected chi connectivity index (χ3v) is 6.49. The van der Waals surface area contributed by atoms with Gasteiger partial charge < -0.3 is 9.73 Å². The van der Waals surface area contributed by atoms with Crippen LogP contribution in [0.3, 0.4) is 0 Å². The zero-order valence-electron chi connectivity index (χ0n) is 21.0. The zero-order chi connectivity index (χ0) is 27.8. The number of nitrogens with one attached hydrogen (secondary N) is 1. The van der Waals surface area contributed by atoms with Crippen molar-refractivity contribution in [3.8, 4) is 11.3 Å². The van der Waals surface area contributed by atoms with E-state index in [-0.39, 0.29) is 24.0 Å². The maximum absolute atomic E-state index is 12.8. The Kier molecular flexibility index (Phi) is 13.2. The van der Waals surface area contributed by atoms with E-state index in [2.05, 4.69) is 10.3 Å². The van der Waals surface area contributed by atoms with Gasteiger partial charge in [0, 0.05) is 46.7 Å². The molecule has 0 radical (unpaired) electrons. The summed E-state index contributed by atoms with van der Waals surface area (Å²) in [4.78, 5) is 63.4. The normalized spacial score (nSPS) is 9.95. The van der Waals surface area contributed by atoms with Crippen molar-refractivity contribution in [3.63, 3.8) is 0 Å². The lowest BCUT2D eigenvalue weighted by Crippen LogP contribution is -2.48. The monoisotopic (exact) mass is 524 g/mol. The second kappa shape index (κ2) is 15.8. The summed E-state index contributed by atoms with van der Waals surface area (Å²) in [5.41, 5.74) is 2.02. The molecule has 0 aliphatic carbocycles. The molecule has 1 N–H and O–H groups in total. The van der Waals surface area contributed by atoms with E-state index in [1.165, 1.54) is 6.92 Å². The van der Waals surface area contributed by atoms with Crippen LogP contribution >= 0.6 is 11.8 Å². The summed E-state index contributed by atoms with van der Waals surface area (Å²) in [6.45, 7) is 7.32. The van der Waals surface area contributed by atoms with Crippen LogP contribution in [0, 0.1) is 6.92 Å². The molecule has 2 aromatic carbocycles. The highest BCUT2D eigenvalue weighted by Gasteiger charge is 2.30. The number of carbonyl (C=O) groups excluding carboxylic acids is 6. The van der Waals surface area contributed by atoms with Crippen molar-refractivity contribution in [1.82, 2.24) is 10.3 Å². The largest absolute Gasteiger partial charge is 0.449 e. The predicted octanol–water partition coefficient (Wildman–Crippen LogP) is 4.90. The number of oxazole rings is 1. The molecule has 0 unspecified atom stereocenters. The quantitative estimate of drug-likeness (QED) is 0.387. The Bertz CT molecular complexity index is 1210. The SMILES string of the molecule is CCC(CC)(CC(=O)c1ccc(Sc2ccc(-c3coc(C)n3)cc2)cc1)NC(C)=O.O=C=O.O=C=O. The van der Waals surface area contributed by atoms with Crippen LogP contribution in [0.1, 0.15) is 56.3 Å². The molecule has 0 aliphatic rings. The first-order valence-corrected chi connectivity index (χ1v) is 12.1. The number of amides is 1. The molecular formula is C27H28N2O7S. The first-order valence-electron chi connectivity index (χ1n) is 11.3. The van der Waals surface area contributed by atoms with Crippen molar-refractivity contribution >= 4 is 35.8 Å². The van der Waals surface area contributed by atoms with E-state index in [9.17, 15) is 9.59 Å². The van der Waals surface area contributed by atoms with Gasteiger partial charge in [0.05, 0.1) is 0 Å². The molecule has 3 aromatic rings. The average molecular weight is 525 g/mol. The minimum absolute atomic E-state index is 0.0428. The number of hydrogen-bond acceptors (Lipinski definition) is 9. The molecule has 0 atom stereocenters. The summed E-state index contributed by atoms with van der Waals surface area (Å²) >= 11 is 1.64. The van der Waals surface area contributed by atoms with Gasteiger partial charge in [-0.15, -0.1) is 0 Å². The minimum Gasteiger partial charge on any atom is -0.449 e. The number of carbonyl (C=O) groups is 2. The van der Waals surface area contributed by atoms with Crippen LogP contribution in [-0.4, -0.2) is 34.5 Å². The third-order valence-electron chi connectivity index (χ3n) is 5.47. The van der Waals surface area contributed by atoms with Gasteiger partial charge in [-0.1, -0.05) is 49.9 Å². The van der Waals surface area contributed by atoms with Gasteiger partial charge in [-0.05, 0) is 37.1 Å². The first-order chi connectivity index (χ1) is 17.7. The minimum atomic E-state index is -0.486. The van der Waals surface area contributed by atoms with Crippen molar-refractivity contribution in [3.05, 3.63) is 66.2 Å². The smallest absolute Gasteiger partial charge is 0.373 e. The van der Waals surface area contributed by atoms with Gasteiger partial charge in [0.25, 0.3) is 0 Å². The lowest BCUT2D eigenvalue weighted by atomic mass is 9.85. The highest BCUT2D eigenvalue weighted by Crippen LogP contribution is 2.30. The Morgan fingerprint density at radius 2 is 1.41 bits per heavy atom. The molecule has 0 saturated heterocycles. The highest BCUT2D eigenvalue weighted by atomic mass is 32.2. The lowest BCUT2D eigenvalue weighted by Gasteiger charge is -2.32. The molecule has 37 heavy (non-hydrogen) atoms. The molecule has 0 saturated carbocycles. The van der Waals surface area contributed by atoms with Gasteiger partial charge in [0.2, 0.25) is 5.91 Å².